The average Bonchev–Trinajstić information content (AvgIpc) is 3.70. The van der Waals surface area contributed by atoms with Crippen molar-refractivity contribution >= 4 is 12.2 Å². The number of hydrogen-bond donors (Lipinski definition) is 0. The Kier molecular flexibility index (Phi) is 7.80. The molecule has 1 aliphatic heterocycles. The Morgan fingerprint density at radius 2 is 0.788 bits per heavy atom. The van der Waals surface area contributed by atoms with Gasteiger partial charge in [-0.15, -0.1) is 0 Å². The standard InChI is InChI=1S/C49H42.2CH3.Hf/c1-31-13-17-41(18-14-31)49(42-19-15-32(2)16-20-42,43-27-37-9-7-11-45(47(37)29-43)39-23-33(3)21-34(4)24-39)44-28-38-10-8-12-46(48(38)30-44)40-25-35(5)22-36(6)26-40;;;/h7-30H,1-6H3;2*1H3;. The van der Waals surface area contributed by atoms with E-state index < -0.39 is 25.4 Å². The molecule has 256 valence electrons. The Morgan fingerprint density at radius 3 is 1.15 bits per heavy atom. The first-order valence-corrected chi connectivity index (χ1v) is 30.3. The van der Waals surface area contributed by atoms with Gasteiger partial charge in [0.05, 0.1) is 0 Å². The van der Waals surface area contributed by atoms with E-state index >= 15 is 0 Å². The van der Waals surface area contributed by atoms with Crippen LogP contribution >= 0.6 is 0 Å². The zero-order chi connectivity index (χ0) is 36.1. The maximum absolute atomic E-state index is 3.39. The van der Waals surface area contributed by atoms with E-state index in [2.05, 4.69) is 184 Å². The quantitative estimate of drug-likeness (QED) is 0.155. The van der Waals surface area contributed by atoms with Crippen molar-refractivity contribution in [2.45, 2.75) is 63.7 Å². The molecule has 0 saturated carbocycles. The molecule has 0 bridgehead atoms. The second-order valence-corrected chi connectivity index (χ2v) is 34.0. The Labute approximate surface area is 315 Å². The maximum atomic E-state index is 2.77. The zero-order valence-electron chi connectivity index (χ0n) is 31.9. The summed E-state index contributed by atoms with van der Waals surface area (Å²) in [5.41, 5.74) is 24.8. The van der Waals surface area contributed by atoms with Crippen molar-refractivity contribution in [1.29, 1.82) is 0 Å². The molecule has 1 heterocycles. The van der Waals surface area contributed by atoms with Gasteiger partial charge in [-0.3, -0.25) is 0 Å². The van der Waals surface area contributed by atoms with Crippen LogP contribution in [0.5, 0.6) is 0 Å². The molecule has 0 nitrogen and oxygen atoms in total. The van der Waals surface area contributed by atoms with Gasteiger partial charge in [-0.2, -0.15) is 0 Å². The van der Waals surface area contributed by atoms with Crippen molar-refractivity contribution in [3.8, 4) is 22.3 Å². The summed E-state index contributed by atoms with van der Waals surface area (Å²) in [6.45, 7) is 13.4. The molecule has 0 aromatic heterocycles. The third-order valence-corrected chi connectivity index (χ3v) is 27.7. The van der Waals surface area contributed by atoms with E-state index in [4.69, 9.17) is 0 Å². The normalized spacial score (nSPS) is 18.9. The molecule has 0 radical (unpaired) electrons. The SMILES string of the molecule is Cc1ccc(C2(c3ccc(C)cc3)C3=Cc4c(-c5cc(C)cc(C)c5)cccc4[CH]3[Hf]([CH3])([CH3])[CH]3C2=Cc2c(-c4cc(C)cc(C)c4)cccc23)cc1. The second kappa shape index (κ2) is 12.1. The third-order valence-electron chi connectivity index (χ3n) is 12.5. The fourth-order valence-corrected chi connectivity index (χ4v) is 27.3. The van der Waals surface area contributed by atoms with Crippen LogP contribution in [0.2, 0.25) is 9.36 Å². The summed E-state index contributed by atoms with van der Waals surface area (Å²) >= 11 is -3.39. The van der Waals surface area contributed by atoms with Crippen LogP contribution in [0.25, 0.3) is 34.4 Å². The molecule has 1 fully saturated rings. The number of allylic oxidation sites excluding steroid dienone is 2. The van der Waals surface area contributed by atoms with Crippen LogP contribution in [0.15, 0.2) is 132 Å². The molecule has 2 atom stereocenters. The summed E-state index contributed by atoms with van der Waals surface area (Å²) in [6.07, 6.45) is 5.36. The molecule has 1 saturated heterocycles. The van der Waals surface area contributed by atoms with Gasteiger partial charge in [0.25, 0.3) is 0 Å². The number of fused-ring (bicyclic) bond motifs is 6. The molecule has 6 aromatic rings. The molecule has 1 heteroatoms. The Morgan fingerprint density at radius 1 is 0.423 bits per heavy atom. The van der Waals surface area contributed by atoms with Gasteiger partial charge in [0.2, 0.25) is 0 Å². The van der Waals surface area contributed by atoms with Gasteiger partial charge in [0.1, 0.15) is 0 Å². The first-order chi connectivity index (χ1) is 25.0. The van der Waals surface area contributed by atoms with Gasteiger partial charge in [-0.1, -0.05) is 0 Å². The fourth-order valence-electron chi connectivity index (χ4n) is 10.6. The van der Waals surface area contributed by atoms with Crippen LogP contribution < -0.4 is 0 Å². The van der Waals surface area contributed by atoms with Crippen molar-refractivity contribution < 1.29 is 20.0 Å². The summed E-state index contributed by atoms with van der Waals surface area (Å²) in [6, 6.07) is 47.7. The molecule has 52 heavy (non-hydrogen) atoms. The van der Waals surface area contributed by atoms with Gasteiger partial charge < -0.3 is 0 Å². The van der Waals surface area contributed by atoms with Gasteiger partial charge >= 0.3 is 317 Å². The molecule has 9 rings (SSSR count). The van der Waals surface area contributed by atoms with Crippen molar-refractivity contribution in [3.63, 3.8) is 0 Å². The van der Waals surface area contributed by atoms with E-state index in [1.54, 1.807) is 22.3 Å². The van der Waals surface area contributed by atoms with E-state index in [0.29, 0.717) is 7.35 Å². The molecule has 0 amide bonds. The monoisotopic (exact) mass is 840 g/mol. The van der Waals surface area contributed by atoms with Crippen LogP contribution in [-0.4, -0.2) is 0 Å². The van der Waals surface area contributed by atoms with E-state index in [0.717, 1.165) is 0 Å². The Balaban J connectivity index is 1.41. The van der Waals surface area contributed by atoms with Crippen molar-refractivity contribution in [1.82, 2.24) is 0 Å². The summed E-state index contributed by atoms with van der Waals surface area (Å²) in [5.74, 6) is 0. The Bertz CT molecular complexity index is 2270. The van der Waals surface area contributed by atoms with Crippen molar-refractivity contribution in [2.24, 2.45) is 0 Å². The Hall–Kier alpha value is -4.33. The van der Waals surface area contributed by atoms with Gasteiger partial charge in [-0.25, -0.2) is 0 Å². The first-order valence-electron chi connectivity index (χ1n) is 19.0. The van der Waals surface area contributed by atoms with Gasteiger partial charge in [-0.05, 0) is 0 Å². The van der Waals surface area contributed by atoms with Gasteiger partial charge in [0, 0.05) is 0 Å². The number of aryl methyl sites for hydroxylation is 6. The summed E-state index contributed by atoms with van der Waals surface area (Å²) < 4.78 is 6.42. The minimum absolute atomic E-state index is 0.399. The molecular weight excluding hydrogens is 791 g/mol. The topological polar surface area (TPSA) is 0 Å². The number of hydrogen-bond acceptors (Lipinski definition) is 0. The molecule has 3 aliphatic rings. The van der Waals surface area contributed by atoms with Crippen LogP contribution in [0.1, 0.15) is 74.1 Å². The molecule has 0 N–H and O–H groups in total. The molecular formula is C51H48Hf. The molecule has 2 unspecified atom stereocenters. The molecule has 0 spiro atoms. The summed E-state index contributed by atoms with van der Waals surface area (Å²) in [5, 5.41) is 0. The summed E-state index contributed by atoms with van der Waals surface area (Å²) in [4.78, 5) is 0. The van der Waals surface area contributed by atoms with E-state index in [1.165, 1.54) is 77.9 Å². The zero-order valence-corrected chi connectivity index (χ0v) is 35.4. The third kappa shape index (κ3) is 4.95. The average molecular weight is 839 g/mol. The van der Waals surface area contributed by atoms with Gasteiger partial charge in [0.15, 0.2) is 0 Å². The van der Waals surface area contributed by atoms with E-state index in [1.807, 2.05) is 0 Å². The predicted molar refractivity (Wildman–Crippen MR) is 219 cm³/mol. The number of rotatable bonds is 4. The second-order valence-electron chi connectivity index (χ2n) is 16.7. The van der Waals surface area contributed by atoms with Crippen LogP contribution in [-0.2, 0) is 25.4 Å². The van der Waals surface area contributed by atoms with Crippen molar-refractivity contribution in [3.05, 3.63) is 199 Å². The van der Waals surface area contributed by atoms with Crippen molar-refractivity contribution in [2.75, 3.05) is 0 Å². The number of benzene rings is 6. The van der Waals surface area contributed by atoms with E-state index in [-0.39, 0.29) is 0 Å². The molecule has 2 aliphatic carbocycles. The van der Waals surface area contributed by atoms with Crippen LogP contribution in [0.4, 0.5) is 0 Å². The van der Waals surface area contributed by atoms with E-state index in [9.17, 15) is 0 Å². The van der Waals surface area contributed by atoms with Crippen LogP contribution in [0, 0.1) is 41.5 Å². The summed E-state index contributed by atoms with van der Waals surface area (Å²) in [7, 11) is 0. The molecule has 6 aromatic carbocycles. The predicted octanol–water partition coefficient (Wildman–Crippen LogP) is 13.7. The minimum atomic E-state index is -3.39. The van der Waals surface area contributed by atoms with Crippen LogP contribution in [0.3, 0.4) is 0 Å². The fraction of sp³-hybridized carbons (Fsp3) is 0.216. The first kappa shape index (κ1) is 33.5.